The van der Waals surface area contributed by atoms with Crippen LogP contribution in [0.15, 0.2) is 6.07 Å². The Balaban J connectivity index is 3.29. The Bertz CT molecular complexity index is 317. The van der Waals surface area contributed by atoms with Gasteiger partial charge in [-0.25, -0.2) is 13.8 Å². The van der Waals surface area contributed by atoms with Gasteiger partial charge in [0.05, 0.1) is 12.1 Å². The number of nitrogens with zero attached hydrogens (tertiary/aromatic N) is 1. The molecule has 0 aliphatic rings. The Morgan fingerprint density at radius 3 is 2.62 bits per heavy atom. The maximum absolute atomic E-state index is 12.4. The molecule has 0 saturated heterocycles. The van der Waals surface area contributed by atoms with Crippen LogP contribution in [0.4, 0.5) is 8.78 Å². The molecule has 0 unspecified atom stereocenters. The number of pyridine rings is 1. The van der Waals surface area contributed by atoms with Gasteiger partial charge < -0.3 is 4.74 Å². The summed E-state index contributed by atoms with van der Waals surface area (Å²) in [5, 5.41) is 0.158. The van der Waals surface area contributed by atoms with Crippen LogP contribution in [-0.2, 0) is 0 Å². The van der Waals surface area contributed by atoms with E-state index in [0.29, 0.717) is 5.69 Å². The fourth-order valence-electron chi connectivity index (χ4n) is 0.994. The number of rotatable bonds is 2. The Kier molecular flexibility index (Phi) is 3.03. The Labute approximate surface area is 79.5 Å². The van der Waals surface area contributed by atoms with E-state index in [4.69, 9.17) is 16.3 Å². The summed E-state index contributed by atoms with van der Waals surface area (Å²) in [5.74, 6) is -0.0535. The van der Waals surface area contributed by atoms with Crippen LogP contribution in [-0.4, -0.2) is 12.1 Å². The Hall–Kier alpha value is -0.900. The first-order chi connectivity index (χ1) is 6.06. The minimum absolute atomic E-state index is 0.0535. The fourth-order valence-corrected chi connectivity index (χ4v) is 1.33. The number of ether oxygens (including phenoxy) is 1. The largest absolute Gasteiger partial charge is 0.493 e. The topological polar surface area (TPSA) is 22.1 Å². The van der Waals surface area contributed by atoms with Gasteiger partial charge in [0.1, 0.15) is 5.69 Å². The van der Waals surface area contributed by atoms with Gasteiger partial charge in [0.2, 0.25) is 0 Å². The lowest BCUT2D eigenvalue weighted by Gasteiger charge is -2.09. The third kappa shape index (κ3) is 2.06. The second-order valence-corrected chi connectivity index (χ2v) is 2.87. The lowest BCUT2D eigenvalue weighted by Crippen LogP contribution is -1.98. The summed E-state index contributed by atoms with van der Waals surface area (Å²) in [4.78, 5) is 3.64. The highest BCUT2D eigenvalue weighted by Crippen LogP contribution is 2.33. The van der Waals surface area contributed by atoms with Crippen molar-refractivity contribution in [2.45, 2.75) is 13.3 Å². The van der Waals surface area contributed by atoms with Crippen molar-refractivity contribution < 1.29 is 13.5 Å². The van der Waals surface area contributed by atoms with Crippen molar-refractivity contribution >= 4 is 11.6 Å². The first-order valence-corrected chi connectivity index (χ1v) is 3.93. The lowest BCUT2D eigenvalue weighted by molar-refractivity contribution is 0.141. The number of aryl methyl sites for hydroxylation is 1. The summed E-state index contributed by atoms with van der Waals surface area (Å²) in [5.41, 5.74) is 0.0357. The molecule has 1 heterocycles. The molecule has 0 fully saturated rings. The molecule has 1 aromatic heterocycles. The molecule has 72 valence electrons. The van der Waals surface area contributed by atoms with Crippen LogP contribution < -0.4 is 4.74 Å². The minimum Gasteiger partial charge on any atom is -0.493 e. The Morgan fingerprint density at radius 1 is 1.54 bits per heavy atom. The Morgan fingerprint density at radius 2 is 2.15 bits per heavy atom. The summed E-state index contributed by atoms with van der Waals surface area (Å²) >= 11 is 5.68. The lowest BCUT2D eigenvalue weighted by atomic mass is 10.3. The summed E-state index contributed by atoms with van der Waals surface area (Å²) in [6.45, 7) is 1.59. The zero-order chi connectivity index (χ0) is 10.0. The molecule has 0 aromatic carbocycles. The van der Waals surface area contributed by atoms with Crippen LogP contribution in [0.25, 0.3) is 0 Å². The van der Waals surface area contributed by atoms with Crippen molar-refractivity contribution in [1.82, 2.24) is 4.98 Å². The van der Waals surface area contributed by atoms with E-state index in [9.17, 15) is 8.78 Å². The number of hydrogen-bond acceptors (Lipinski definition) is 2. The smallest absolute Gasteiger partial charge is 0.284 e. The van der Waals surface area contributed by atoms with E-state index in [1.807, 2.05) is 0 Å². The summed E-state index contributed by atoms with van der Waals surface area (Å²) in [7, 11) is 1.28. The van der Waals surface area contributed by atoms with Crippen molar-refractivity contribution in [3.8, 4) is 5.75 Å². The minimum atomic E-state index is -2.67. The van der Waals surface area contributed by atoms with Gasteiger partial charge in [0.15, 0.2) is 5.75 Å². The van der Waals surface area contributed by atoms with E-state index in [1.54, 1.807) is 6.92 Å². The zero-order valence-corrected chi connectivity index (χ0v) is 7.90. The first kappa shape index (κ1) is 10.2. The van der Waals surface area contributed by atoms with Crippen LogP contribution in [0, 0.1) is 6.92 Å². The van der Waals surface area contributed by atoms with E-state index in [0.717, 1.165) is 0 Å². The third-order valence-corrected chi connectivity index (χ3v) is 1.77. The van der Waals surface area contributed by atoms with Gasteiger partial charge >= 0.3 is 0 Å². The van der Waals surface area contributed by atoms with Crippen molar-refractivity contribution in [2.24, 2.45) is 0 Å². The van der Waals surface area contributed by atoms with Gasteiger partial charge in [-0.05, 0) is 13.0 Å². The summed E-state index contributed by atoms with van der Waals surface area (Å²) in [6.07, 6.45) is -2.67. The second-order valence-electron chi connectivity index (χ2n) is 2.46. The van der Waals surface area contributed by atoms with Gasteiger partial charge in [-0.1, -0.05) is 11.6 Å². The molecule has 0 saturated carbocycles. The molecule has 2 nitrogen and oxygen atoms in total. The maximum atomic E-state index is 12.4. The van der Waals surface area contributed by atoms with Crippen molar-refractivity contribution in [3.63, 3.8) is 0 Å². The van der Waals surface area contributed by atoms with E-state index in [1.165, 1.54) is 13.2 Å². The predicted octanol–water partition coefficient (Wildman–Crippen LogP) is 2.99. The molecule has 0 bridgehead atoms. The summed E-state index contributed by atoms with van der Waals surface area (Å²) in [6, 6.07) is 1.48. The zero-order valence-electron chi connectivity index (χ0n) is 7.14. The molecular weight excluding hydrogens is 200 g/mol. The molecule has 1 aromatic rings. The highest BCUT2D eigenvalue weighted by atomic mass is 35.5. The molecule has 0 atom stereocenters. The molecule has 1 rings (SSSR count). The average molecular weight is 208 g/mol. The van der Waals surface area contributed by atoms with Crippen LogP contribution in [0.2, 0.25) is 5.02 Å². The highest BCUT2D eigenvalue weighted by Gasteiger charge is 2.18. The van der Waals surface area contributed by atoms with Gasteiger partial charge in [0.25, 0.3) is 6.43 Å². The SMILES string of the molecule is COc1c(Cl)cc(C)nc1C(F)F. The third-order valence-electron chi connectivity index (χ3n) is 1.49. The normalized spacial score (nSPS) is 10.6. The molecule has 0 spiro atoms. The molecule has 0 aliphatic heterocycles. The monoisotopic (exact) mass is 207 g/mol. The van der Waals surface area contributed by atoms with Gasteiger partial charge in [-0.15, -0.1) is 0 Å². The van der Waals surface area contributed by atoms with Gasteiger partial charge in [-0.3, -0.25) is 0 Å². The molecular formula is C8H8ClF2NO. The van der Waals surface area contributed by atoms with Gasteiger partial charge in [0, 0.05) is 5.69 Å². The maximum Gasteiger partial charge on any atom is 0.284 e. The van der Waals surface area contributed by atoms with E-state index >= 15 is 0 Å². The van der Waals surface area contributed by atoms with Crippen LogP contribution >= 0.6 is 11.6 Å². The summed E-state index contributed by atoms with van der Waals surface area (Å²) < 4.78 is 29.5. The number of halogens is 3. The molecule has 0 radical (unpaired) electrons. The van der Waals surface area contributed by atoms with Crippen LogP contribution in [0.1, 0.15) is 17.8 Å². The van der Waals surface area contributed by atoms with Crippen LogP contribution in [0.3, 0.4) is 0 Å². The van der Waals surface area contributed by atoms with Crippen molar-refractivity contribution in [2.75, 3.05) is 7.11 Å². The molecule has 13 heavy (non-hydrogen) atoms. The quantitative estimate of drug-likeness (QED) is 0.744. The number of hydrogen-bond donors (Lipinski definition) is 0. The highest BCUT2D eigenvalue weighted by molar-refractivity contribution is 6.32. The number of aromatic nitrogens is 1. The van der Waals surface area contributed by atoms with E-state index < -0.39 is 12.1 Å². The standard InChI is InChI=1S/C8H8ClF2NO/c1-4-3-5(9)7(13-2)6(12-4)8(10)11/h3,8H,1-2H3. The van der Waals surface area contributed by atoms with Crippen molar-refractivity contribution in [1.29, 1.82) is 0 Å². The second kappa shape index (κ2) is 3.87. The van der Waals surface area contributed by atoms with E-state index in [2.05, 4.69) is 4.98 Å². The number of methoxy groups -OCH3 is 1. The fraction of sp³-hybridized carbons (Fsp3) is 0.375. The molecule has 0 aliphatic carbocycles. The molecule has 5 heteroatoms. The molecule has 0 N–H and O–H groups in total. The molecule has 0 amide bonds. The van der Waals surface area contributed by atoms with Gasteiger partial charge in [-0.2, -0.15) is 0 Å². The van der Waals surface area contributed by atoms with Crippen LogP contribution in [0.5, 0.6) is 5.75 Å². The van der Waals surface area contributed by atoms with E-state index in [-0.39, 0.29) is 10.8 Å². The predicted molar refractivity (Wildman–Crippen MR) is 45.5 cm³/mol. The first-order valence-electron chi connectivity index (χ1n) is 3.55. The number of alkyl halides is 2. The average Bonchev–Trinajstić information content (AvgIpc) is 2.02. The van der Waals surface area contributed by atoms with Crippen molar-refractivity contribution in [3.05, 3.63) is 22.5 Å².